The van der Waals surface area contributed by atoms with Crippen molar-refractivity contribution in [2.75, 3.05) is 36.8 Å². The van der Waals surface area contributed by atoms with E-state index in [-0.39, 0.29) is 5.75 Å². The normalized spacial score (nSPS) is 17.2. The highest BCUT2D eigenvalue weighted by Crippen LogP contribution is 2.24. The number of nitrogens with zero attached hydrogens (tertiary/aromatic N) is 3. The van der Waals surface area contributed by atoms with Crippen molar-refractivity contribution < 1.29 is 18.4 Å². The standard InChI is InChI=1S/C10H16N4O4S2/c1-2-20(17,18)14-5-3-13(4-6-14)10-11-7-8(19-10)9(15)12-16/h7,16H,2-6H2,1H3,(H,12,15). The van der Waals surface area contributed by atoms with E-state index in [1.165, 1.54) is 10.5 Å². The Balaban J connectivity index is 2.01. The molecule has 2 heterocycles. The molecule has 0 unspecified atom stereocenters. The fourth-order valence-electron chi connectivity index (χ4n) is 1.91. The Kier molecular flexibility index (Phi) is 4.58. The first kappa shape index (κ1) is 15.2. The van der Waals surface area contributed by atoms with Crippen molar-refractivity contribution in [2.45, 2.75) is 6.92 Å². The maximum atomic E-state index is 11.7. The lowest BCUT2D eigenvalue weighted by Crippen LogP contribution is -2.49. The summed E-state index contributed by atoms with van der Waals surface area (Å²) in [5.41, 5.74) is 1.56. The highest BCUT2D eigenvalue weighted by molar-refractivity contribution is 7.89. The monoisotopic (exact) mass is 320 g/mol. The minimum atomic E-state index is -3.15. The zero-order chi connectivity index (χ0) is 14.8. The zero-order valence-electron chi connectivity index (χ0n) is 10.9. The van der Waals surface area contributed by atoms with Crippen LogP contribution < -0.4 is 10.4 Å². The highest BCUT2D eigenvalue weighted by atomic mass is 32.2. The van der Waals surface area contributed by atoms with E-state index in [1.807, 2.05) is 4.90 Å². The Morgan fingerprint density at radius 3 is 2.65 bits per heavy atom. The summed E-state index contributed by atoms with van der Waals surface area (Å²) in [5.74, 6) is -0.494. The third-order valence-corrected chi connectivity index (χ3v) is 6.02. The maximum Gasteiger partial charge on any atom is 0.286 e. The predicted octanol–water partition coefficient (Wildman–Crippen LogP) is -0.266. The van der Waals surface area contributed by atoms with Gasteiger partial charge in [0.15, 0.2) is 5.13 Å². The summed E-state index contributed by atoms with van der Waals surface area (Å²) in [5, 5.41) is 9.20. The molecular weight excluding hydrogens is 304 g/mol. The summed E-state index contributed by atoms with van der Waals surface area (Å²) in [6.45, 7) is 3.52. The predicted molar refractivity (Wildman–Crippen MR) is 74.6 cm³/mol. The lowest BCUT2D eigenvalue weighted by atomic mass is 10.4. The number of hydrogen-bond acceptors (Lipinski definition) is 7. The molecule has 0 atom stereocenters. The molecule has 1 saturated heterocycles. The SMILES string of the molecule is CCS(=O)(=O)N1CCN(c2ncc(C(=O)NO)s2)CC1. The number of thiazole rings is 1. The average Bonchev–Trinajstić information content (AvgIpc) is 2.96. The second-order valence-corrected chi connectivity index (χ2v) is 7.50. The van der Waals surface area contributed by atoms with Crippen LogP contribution >= 0.6 is 11.3 Å². The second kappa shape index (κ2) is 6.04. The summed E-state index contributed by atoms with van der Waals surface area (Å²) in [7, 11) is -3.15. The van der Waals surface area contributed by atoms with Gasteiger partial charge in [0.2, 0.25) is 10.0 Å². The van der Waals surface area contributed by atoms with Crippen LogP contribution in [0.15, 0.2) is 6.20 Å². The van der Waals surface area contributed by atoms with Gasteiger partial charge in [-0.2, -0.15) is 4.31 Å². The van der Waals surface area contributed by atoms with E-state index < -0.39 is 15.9 Å². The Bertz CT molecular complexity index is 578. The molecule has 0 saturated carbocycles. The van der Waals surface area contributed by atoms with Crippen molar-refractivity contribution >= 4 is 32.4 Å². The molecule has 0 bridgehead atoms. The third kappa shape index (κ3) is 3.08. The molecule has 20 heavy (non-hydrogen) atoms. The van der Waals surface area contributed by atoms with Gasteiger partial charge in [0, 0.05) is 26.2 Å². The molecule has 1 aliphatic heterocycles. The van der Waals surface area contributed by atoms with Crippen LogP contribution in [0.3, 0.4) is 0 Å². The van der Waals surface area contributed by atoms with Gasteiger partial charge in [0.25, 0.3) is 5.91 Å². The van der Waals surface area contributed by atoms with Crippen molar-refractivity contribution in [3.05, 3.63) is 11.1 Å². The van der Waals surface area contributed by atoms with Gasteiger partial charge in [0.05, 0.1) is 11.9 Å². The molecule has 10 heteroatoms. The van der Waals surface area contributed by atoms with Gasteiger partial charge in [-0.3, -0.25) is 10.0 Å². The first-order chi connectivity index (χ1) is 9.47. The quantitative estimate of drug-likeness (QED) is 0.585. The molecule has 1 aromatic rings. The summed E-state index contributed by atoms with van der Waals surface area (Å²) in [6.07, 6.45) is 1.39. The number of carbonyl (C=O) groups excluding carboxylic acids is 1. The number of piperazine rings is 1. The van der Waals surface area contributed by atoms with Gasteiger partial charge >= 0.3 is 0 Å². The smallest absolute Gasteiger partial charge is 0.286 e. The topological polar surface area (TPSA) is 103 Å². The van der Waals surface area contributed by atoms with Gasteiger partial charge in [-0.05, 0) is 6.92 Å². The summed E-state index contributed by atoms with van der Waals surface area (Å²) in [4.78, 5) is 17.6. The number of anilines is 1. The molecule has 112 valence electrons. The largest absolute Gasteiger partial charge is 0.345 e. The van der Waals surface area contributed by atoms with Crippen molar-refractivity contribution in [1.29, 1.82) is 0 Å². The average molecular weight is 320 g/mol. The third-order valence-electron chi connectivity index (χ3n) is 3.09. The number of rotatable bonds is 4. The van der Waals surface area contributed by atoms with Crippen LogP contribution in [-0.4, -0.2) is 60.8 Å². The van der Waals surface area contributed by atoms with Gasteiger partial charge in [0.1, 0.15) is 4.88 Å². The summed E-state index contributed by atoms with van der Waals surface area (Å²) in [6, 6.07) is 0. The molecule has 0 aliphatic carbocycles. The fourth-order valence-corrected chi connectivity index (χ4v) is 3.85. The van der Waals surface area contributed by atoms with E-state index in [0.717, 1.165) is 11.3 Å². The molecule has 0 aromatic carbocycles. The van der Waals surface area contributed by atoms with Crippen LogP contribution in [0.25, 0.3) is 0 Å². The van der Waals surface area contributed by atoms with Gasteiger partial charge in [-0.1, -0.05) is 11.3 Å². The van der Waals surface area contributed by atoms with Crippen molar-refractivity contribution in [3.8, 4) is 0 Å². The number of sulfonamides is 1. The summed E-state index contributed by atoms with van der Waals surface area (Å²) >= 11 is 1.16. The second-order valence-electron chi connectivity index (χ2n) is 4.23. The number of nitrogens with one attached hydrogen (secondary N) is 1. The lowest BCUT2D eigenvalue weighted by molar-refractivity contribution is 0.0710. The molecule has 1 aliphatic rings. The maximum absolute atomic E-state index is 11.7. The molecule has 2 rings (SSSR count). The van der Waals surface area contributed by atoms with Crippen molar-refractivity contribution in [1.82, 2.24) is 14.8 Å². The van der Waals surface area contributed by atoms with Crippen LogP contribution in [0.5, 0.6) is 0 Å². The van der Waals surface area contributed by atoms with E-state index in [0.29, 0.717) is 36.2 Å². The molecule has 1 amide bonds. The number of aromatic nitrogens is 1. The Labute approximate surface area is 121 Å². The lowest BCUT2D eigenvalue weighted by Gasteiger charge is -2.33. The first-order valence-corrected chi connectivity index (χ1v) is 8.53. The van der Waals surface area contributed by atoms with E-state index in [9.17, 15) is 13.2 Å². The molecule has 0 spiro atoms. The van der Waals surface area contributed by atoms with E-state index in [1.54, 1.807) is 12.4 Å². The van der Waals surface area contributed by atoms with Crippen LogP contribution in [-0.2, 0) is 10.0 Å². The number of amides is 1. The van der Waals surface area contributed by atoms with Gasteiger partial charge in [-0.25, -0.2) is 18.9 Å². The fraction of sp³-hybridized carbons (Fsp3) is 0.600. The highest BCUT2D eigenvalue weighted by Gasteiger charge is 2.26. The molecule has 1 fully saturated rings. The van der Waals surface area contributed by atoms with E-state index in [2.05, 4.69) is 4.98 Å². The van der Waals surface area contributed by atoms with E-state index in [4.69, 9.17) is 5.21 Å². The Hall–Kier alpha value is -1.23. The minimum absolute atomic E-state index is 0.102. The van der Waals surface area contributed by atoms with E-state index >= 15 is 0 Å². The van der Waals surface area contributed by atoms with Gasteiger partial charge < -0.3 is 4.90 Å². The van der Waals surface area contributed by atoms with Crippen molar-refractivity contribution in [3.63, 3.8) is 0 Å². The minimum Gasteiger partial charge on any atom is -0.345 e. The molecule has 0 radical (unpaired) electrons. The molecule has 2 N–H and O–H groups in total. The molecular formula is C10H16N4O4S2. The van der Waals surface area contributed by atoms with Crippen molar-refractivity contribution in [2.24, 2.45) is 0 Å². The van der Waals surface area contributed by atoms with Crippen LogP contribution in [0.2, 0.25) is 0 Å². The molecule has 1 aromatic heterocycles. The van der Waals surface area contributed by atoms with Crippen LogP contribution in [0.1, 0.15) is 16.6 Å². The van der Waals surface area contributed by atoms with Crippen LogP contribution in [0, 0.1) is 0 Å². The number of carbonyl (C=O) groups is 1. The zero-order valence-corrected chi connectivity index (χ0v) is 12.6. The number of hydroxylamine groups is 1. The first-order valence-electron chi connectivity index (χ1n) is 6.11. The van der Waals surface area contributed by atoms with Gasteiger partial charge in [-0.15, -0.1) is 0 Å². The Morgan fingerprint density at radius 1 is 1.45 bits per heavy atom. The van der Waals surface area contributed by atoms with Crippen LogP contribution in [0.4, 0.5) is 5.13 Å². The number of hydrogen-bond donors (Lipinski definition) is 2. The Morgan fingerprint density at radius 2 is 2.10 bits per heavy atom. The summed E-state index contributed by atoms with van der Waals surface area (Å²) < 4.78 is 25.0. The molecule has 8 nitrogen and oxygen atoms in total.